The van der Waals surface area contributed by atoms with Gasteiger partial charge in [-0.15, -0.1) is 0 Å². The molecule has 1 rings (SSSR count). The molecule has 0 aliphatic rings. The van der Waals surface area contributed by atoms with Crippen molar-refractivity contribution in [1.82, 2.24) is 5.32 Å². The fourth-order valence-corrected chi connectivity index (χ4v) is 1.48. The molecule has 0 aliphatic heterocycles. The Morgan fingerprint density at radius 1 is 1.31 bits per heavy atom. The Hall–Kier alpha value is -1.09. The maximum atomic E-state index is 13.2. The molecule has 1 N–H and O–H groups in total. The van der Waals surface area contributed by atoms with E-state index in [-0.39, 0.29) is 11.2 Å². The largest absolute Gasteiger partial charge is 0.492 e. The number of halogens is 1. The van der Waals surface area contributed by atoms with Crippen LogP contribution in [0.2, 0.25) is 0 Å². The molecule has 3 heteroatoms. The number of likely N-dealkylation sites (N-methyl/N-ethyl adjacent to an activating group) is 1. The Balaban J connectivity index is 2.90. The summed E-state index contributed by atoms with van der Waals surface area (Å²) in [5, 5.41) is 3.01. The van der Waals surface area contributed by atoms with E-state index >= 15 is 0 Å². The van der Waals surface area contributed by atoms with Gasteiger partial charge in [-0.2, -0.15) is 0 Å². The third-order valence-electron chi connectivity index (χ3n) is 2.36. The molecule has 0 bridgehead atoms. The van der Waals surface area contributed by atoms with Gasteiger partial charge in [-0.25, -0.2) is 4.39 Å². The zero-order valence-corrected chi connectivity index (χ0v) is 10.4. The summed E-state index contributed by atoms with van der Waals surface area (Å²) >= 11 is 0. The molecule has 0 saturated heterocycles. The monoisotopic (exact) mass is 225 g/mol. The highest BCUT2D eigenvalue weighted by molar-refractivity contribution is 5.38. The van der Waals surface area contributed by atoms with Gasteiger partial charge in [0.05, 0.1) is 0 Å². The van der Waals surface area contributed by atoms with E-state index in [9.17, 15) is 4.39 Å². The minimum absolute atomic E-state index is 0.114. The first-order valence-corrected chi connectivity index (χ1v) is 5.52. The predicted octanol–water partition coefficient (Wildman–Crippen LogP) is 2.72. The van der Waals surface area contributed by atoms with Crippen molar-refractivity contribution in [2.45, 2.75) is 26.2 Å². The van der Waals surface area contributed by atoms with Crippen LogP contribution in [0.1, 0.15) is 26.3 Å². The summed E-state index contributed by atoms with van der Waals surface area (Å²) in [5.41, 5.74) is 0.792. The van der Waals surface area contributed by atoms with Crippen molar-refractivity contribution in [1.29, 1.82) is 0 Å². The van der Waals surface area contributed by atoms with Crippen molar-refractivity contribution in [2.24, 2.45) is 0 Å². The van der Waals surface area contributed by atoms with Crippen molar-refractivity contribution in [2.75, 3.05) is 20.2 Å². The predicted molar refractivity (Wildman–Crippen MR) is 64.5 cm³/mol. The topological polar surface area (TPSA) is 21.3 Å². The van der Waals surface area contributed by atoms with E-state index in [1.807, 2.05) is 27.8 Å². The van der Waals surface area contributed by atoms with E-state index in [1.54, 1.807) is 12.1 Å². The molecule has 1 aromatic carbocycles. The molecule has 0 fully saturated rings. The Labute approximate surface area is 96.8 Å². The molecule has 0 aromatic heterocycles. The lowest BCUT2D eigenvalue weighted by Crippen LogP contribution is -2.19. The van der Waals surface area contributed by atoms with Gasteiger partial charge in [0.15, 0.2) is 0 Å². The van der Waals surface area contributed by atoms with Crippen molar-refractivity contribution >= 4 is 0 Å². The van der Waals surface area contributed by atoms with Crippen molar-refractivity contribution in [3.05, 3.63) is 29.6 Å². The zero-order chi connectivity index (χ0) is 12.2. The van der Waals surface area contributed by atoms with E-state index in [1.165, 1.54) is 6.07 Å². The molecule has 2 nitrogen and oxygen atoms in total. The van der Waals surface area contributed by atoms with Gasteiger partial charge in [-0.1, -0.05) is 20.8 Å². The molecule has 16 heavy (non-hydrogen) atoms. The van der Waals surface area contributed by atoms with E-state index in [0.717, 1.165) is 17.9 Å². The number of hydrogen-bond acceptors (Lipinski definition) is 2. The molecule has 1 aromatic rings. The van der Waals surface area contributed by atoms with Gasteiger partial charge in [0.25, 0.3) is 0 Å². The minimum atomic E-state index is -0.217. The highest BCUT2D eigenvalue weighted by Crippen LogP contribution is 2.31. The van der Waals surface area contributed by atoms with Crippen LogP contribution in [0.5, 0.6) is 5.75 Å². The number of benzene rings is 1. The highest BCUT2D eigenvalue weighted by Gasteiger charge is 2.19. The standard InChI is InChI=1S/C13H20FNO/c1-13(2,3)11-9-10(14)5-6-12(11)16-8-7-15-4/h5-6,9,15H,7-8H2,1-4H3. The van der Waals surface area contributed by atoms with Crippen LogP contribution in [-0.4, -0.2) is 20.2 Å². The zero-order valence-electron chi connectivity index (χ0n) is 10.4. The Morgan fingerprint density at radius 3 is 2.56 bits per heavy atom. The van der Waals surface area contributed by atoms with Gasteiger partial charge >= 0.3 is 0 Å². The molecule has 0 atom stereocenters. The van der Waals surface area contributed by atoms with Crippen LogP contribution < -0.4 is 10.1 Å². The minimum Gasteiger partial charge on any atom is -0.492 e. The first kappa shape index (κ1) is 13.0. The molecular formula is C13H20FNO. The number of ether oxygens (including phenoxy) is 1. The van der Waals surface area contributed by atoms with Crippen LogP contribution >= 0.6 is 0 Å². The summed E-state index contributed by atoms with van der Waals surface area (Å²) in [4.78, 5) is 0. The number of hydrogen-bond donors (Lipinski definition) is 1. The Morgan fingerprint density at radius 2 is 2.00 bits per heavy atom. The van der Waals surface area contributed by atoms with Gasteiger partial charge < -0.3 is 10.1 Å². The lowest BCUT2D eigenvalue weighted by Gasteiger charge is -2.22. The molecule has 0 unspecified atom stereocenters. The smallest absolute Gasteiger partial charge is 0.123 e. The fourth-order valence-electron chi connectivity index (χ4n) is 1.48. The lowest BCUT2D eigenvalue weighted by atomic mass is 9.86. The Bertz CT molecular complexity index is 344. The third-order valence-corrected chi connectivity index (χ3v) is 2.36. The van der Waals surface area contributed by atoms with Crippen molar-refractivity contribution < 1.29 is 9.13 Å². The third kappa shape index (κ3) is 3.49. The number of rotatable bonds is 4. The summed E-state index contributed by atoms with van der Waals surface area (Å²) in [7, 11) is 1.87. The van der Waals surface area contributed by atoms with Crippen LogP contribution in [0.15, 0.2) is 18.2 Å². The van der Waals surface area contributed by atoms with E-state index in [4.69, 9.17) is 4.74 Å². The molecule has 0 radical (unpaired) electrons. The summed E-state index contributed by atoms with van der Waals surface area (Å²) in [5.74, 6) is 0.551. The fraction of sp³-hybridized carbons (Fsp3) is 0.538. The number of nitrogens with one attached hydrogen (secondary N) is 1. The highest BCUT2D eigenvalue weighted by atomic mass is 19.1. The summed E-state index contributed by atoms with van der Waals surface area (Å²) in [6.45, 7) is 7.51. The normalized spacial score (nSPS) is 11.6. The second kappa shape index (κ2) is 5.30. The second-order valence-electron chi connectivity index (χ2n) is 4.84. The molecular weight excluding hydrogens is 205 g/mol. The molecule has 0 heterocycles. The van der Waals surface area contributed by atoms with Gasteiger partial charge in [-0.3, -0.25) is 0 Å². The first-order chi connectivity index (χ1) is 7.45. The first-order valence-electron chi connectivity index (χ1n) is 5.52. The maximum Gasteiger partial charge on any atom is 0.123 e. The van der Waals surface area contributed by atoms with Crippen LogP contribution in [0.25, 0.3) is 0 Å². The SMILES string of the molecule is CNCCOc1ccc(F)cc1C(C)(C)C. The second-order valence-corrected chi connectivity index (χ2v) is 4.84. The molecule has 90 valence electrons. The Kier molecular flexibility index (Phi) is 4.30. The maximum absolute atomic E-state index is 13.2. The molecule has 0 spiro atoms. The van der Waals surface area contributed by atoms with E-state index in [0.29, 0.717) is 6.61 Å². The van der Waals surface area contributed by atoms with Gasteiger partial charge in [0.1, 0.15) is 18.2 Å². The van der Waals surface area contributed by atoms with Gasteiger partial charge in [-0.05, 0) is 30.7 Å². The van der Waals surface area contributed by atoms with Crippen molar-refractivity contribution in [3.8, 4) is 5.75 Å². The summed E-state index contributed by atoms with van der Waals surface area (Å²) < 4.78 is 18.8. The average molecular weight is 225 g/mol. The van der Waals surface area contributed by atoms with Crippen LogP contribution in [0, 0.1) is 5.82 Å². The lowest BCUT2D eigenvalue weighted by molar-refractivity contribution is 0.309. The van der Waals surface area contributed by atoms with E-state index < -0.39 is 0 Å². The molecule has 0 amide bonds. The van der Waals surface area contributed by atoms with Crippen LogP contribution in [0.3, 0.4) is 0 Å². The van der Waals surface area contributed by atoms with E-state index in [2.05, 4.69) is 5.32 Å². The summed E-state index contributed by atoms with van der Waals surface area (Å²) in [6, 6.07) is 4.68. The average Bonchev–Trinajstić information content (AvgIpc) is 2.19. The molecule has 0 saturated carbocycles. The van der Waals surface area contributed by atoms with Crippen molar-refractivity contribution in [3.63, 3.8) is 0 Å². The molecule has 0 aliphatic carbocycles. The van der Waals surface area contributed by atoms with Crippen LogP contribution in [0.4, 0.5) is 4.39 Å². The quantitative estimate of drug-likeness (QED) is 0.795. The van der Waals surface area contributed by atoms with Gasteiger partial charge in [0.2, 0.25) is 0 Å². The van der Waals surface area contributed by atoms with Crippen LogP contribution in [-0.2, 0) is 5.41 Å². The van der Waals surface area contributed by atoms with Gasteiger partial charge in [0, 0.05) is 12.1 Å². The summed E-state index contributed by atoms with van der Waals surface area (Å²) in [6.07, 6.45) is 0.